The molecule has 1 atom stereocenters. The molecule has 2 amide bonds. The fourth-order valence-corrected chi connectivity index (χ4v) is 3.54. The summed E-state index contributed by atoms with van der Waals surface area (Å²) in [5.41, 5.74) is 3.00. The number of halogens is 1. The van der Waals surface area contributed by atoms with Crippen LogP contribution in [0.25, 0.3) is 0 Å². The van der Waals surface area contributed by atoms with Gasteiger partial charge >= 0.3 is 0 Å². The van der Waals surface area contributed by atoms with Crippen molar-refractivity contribution in [3.8, 4) is 0 Å². The SMILES string of the molecule is O=C(NC1CCN(c2cccc(Cl)c2)C1=O)c1n[nH]c2c1CNCC2. The van der Waals surface area contributed by atoms with Crippen LogP contribution in [0.2, 0.25) is 5.02 Å². The number of benzene rings is 1. The maximum atomic E-state index is 12.6. The number of hydrogen-bond acceptors (Lipinski definition) is 4. The molecule has 130 valence electrons. The van der Waals surface area contributed by atoms with Crippen LogP contribution in [0.3, 0.4) is 0 Å². The molecule has 0 spiro atoms. The van der Waals surface area contributed by atoms with E-state index in [9.17, 15) is 9.59 Å². The second-order valence-corrected chi connectivity index (χ2v) is 6.68. The molecule has 4 rings (SSSR count). The third-order valence-electron chi connectivity index (χ3n) is 4.65. The number of anilines is 1. The van der Waals surface area contributed by atoms with Crippen LogP contribution in [-0.4, -0.2) is 41.1 Å². The molecule has 3 heterocycles. The van der Waals surface area contributed by atoms with Crippen molar-refractivity contribution in [2.24, 2.45) is 0 Å². The van der Waals surface area contributed by atoms with E-state index in [-0.39, 0.29) is 11.8 Å². The molecule has 0 saturated carbocycles. The van der Waals surface area contributed by atoms with Crippen molar-refractivity contribution in [1.82, 2.24) is 20.8 Å². The van der Waals surface area contributed by atoms with Gasteiger partial charge in [-0.3, -0.25) is 14.7 Å². The lowest BCUT2D eigenvalue weighted by Crippen LogP contribution is -2.42. The zero-order valence-electron chi connectivity index (χ0n) is 13.5. The number of hydrogen-bond donors (Lipinski definition) is 3. The van der Waals surface area contributed by atoms with Gasteiger partial charge in [0, 0.05) is 48.0 Å². The predicted octanol–water partition coefficient (Wildman–Crippen LogP) is 1.24. The van der Waals surface area contributed by atoms with Gasteiger partial charge in [-0.15, -0.1) is 0 Å². The zero-order chi connectivity index (χ0) is 17.4. The van der Waals surface area contributed by atoms with Crippen LogP contribution in [0, 0.1) is 0 Å². The van der Waals surface area contributed by atoms with E-state index >= 15 is 0 Å². The molecular weight excluding hydrogens is 342 g/mol. The summed E-state index contributed by atoms with van der Waals surface area (Å²) in [4.78, 5) is 26.9. The summed E-state index contributed by atoms with van der Waals surface area (Å²) in [6.45, 7) is 2.03. The molecule has 1 aromatic carbocycles. The van der Waals surface area contributed by atoms with Crippen LogP contribution >= 0.6 is 11.6 Å². The standard InChI is InChI=1S/C17H18ClN5O2/c18-10-2-1-3-11(8-10)23-7-5-14(17(23)25)20-16(24)15-12-9-19-6-4-13(12)21-22-15/h1-3,8,14,19H,4-7,9H2,(H,20,24)(H,21,22). The Balaban J connectivity index is 1.47. The van der Waals surface area contributed by atoms with E-state index in [1.165, 1.54) is 0 Å². The Hall–Kier alpha value is -2.38. The van der Waals surface area contributed by atoms with Crippen molar-refractivity contribution < 1.29 is 9.59 Å². The van der Waals surface area contributed by atoms with E-state index in [0.717, 1.165) is 29.9 Å². The number of aromatic amines is 1. The molecule has 3 N–H and O–H groups in total. The lowest BCUT2D eigenvalue weighted by atomic mass is 10.1. The van der Waals surface area contributed by atoms with E-state index in [2.05, 4.69) is 20.8 Å². The van der Waals surface area contributed by atoms with Gasteiger partial charge in [-0.05, 0) is 24.6 Å². The minimum atomic E-state index is -0.546. The quantitative estimate of drug-likeness (QED) is 0.769. The number of nitrogens with zero attached hydrogens (tertiary/aromatic N) is 2. The third kappa shape index (κ3) is 3.01. The zero-order valence-corrected chi connectivity index (χ0v) is 14.3. The summed E-state index contributed by atoms with van der Waals surface area (Å²) in [6, 6.07) is 6.61. The average molecular weight is 360 g/mol. The monoisotopic (exact) mass is 359 g/mol. The molecule has 2 aliphatic rings. The fraction of sp³-hybridized carbons (Fsp3) is 0.353. The van der Waals surface area contributed by atoms with Crippen LogP contribution in [0.5, 0.6) is 0 Å². The number of nitrogens with one attached hydrogen (secondary N) is 3. The van der Waals surface area contributed by atoms with Crippen LogP contribution in [0.1, 0.15) is 28.2 Å². The number of aromatic nitrogens is 2. The van der Waals surface area contributed by atoms with E-state index in [4.69, 9.17) is 11.6 Å². The van der Waals surface area contributed by atoms with E-state index in [1.807, 2.05) is 6.07 Å². The van der Waals surface area contributed by atoms with E-state index in [1.54, 1.807) is 23.1 Å². The van der Waals surface area contributed by atoms with Gasteiger partial charge < -0.3 is 15.5 Å². The Labute approximate surface area is 149 Å². The molecule has 0 bridgehead atoms. The van der Waals surface area contributed by atoms with Gasteiger partial charge in [0.2, 0.25) is 5.91 Å². The number of carbonyl (C=O) groups is 2. The minimum Gasteiger partial charge on any atom is -0.339 e. The van der Waals surface area contributed by atoms with Gasteiger partial charge in [0.05, 0.1) is 0 Å². The highest BCUT2D eigenvalue weighted by Crippen LogP contribution is 2.25. The molecular formula is C17H18ClN5O2. The Morgan fingerprint density at radius 1 is 1.40 bits per heavy atom. The largest absolute Gasteiger partial charge is 0.339 e. The van der Waals surface area contributed by atoms with Crippen LogP contribution in [-0.2, 0) is 17.8 Å². The smallest absolute Gasteiger partial charge is 0.272 e. The number of H-pyrrole nitrogens is 1. The predicted molar refractivity (Wildman–Crippen MR) is 93.7 cm³/mol. The van der Waals surface area contributed by atoms with Crippen LogP contribution in [0.15, 0.2) is 24.3 Å². The molecule has 25 heavy (non-hydrogen) atoms. The van der Waals surface area contributed by atoms with Gasteiger partial charge in [-0.2, -0.15) is 5.10 Å². The second-order valence-electron chi connectivity index (χ2n) is 6.24. The molecule has 0 aliphatic carbocycles. The molecule has 2 aliphatic heterocycles. The molecule has 1 saturated heterocycles. The van der Waals surface area contributed by atoms with Crippen molar-refractivity contribution in [3.05, 3.63) is 46.2 Å². The van der Waals surface area contributed by atoms with E-state index < -0.39 is 6.04 Å². The van der Waals surface area contributed by atoms with Crippen molar-refractivity contribution >= 4 is 29.1 Å². The maximum Gasteiger partial charge on any atom is 0.272 e. The van der Waals surface area contributed by atoms with Gasteiger partial charge in [0.15, 0.2) is 5.69 Å². The summed E-state index contributed by atoms with van der Waals surface area (Å²) >= 11 is 6.00. The fourth-order valence-electron chi connectivity index (χ4n) is 3.35. The highest BCUT2D eigenvalue weighted by molar-refractivity contribution is 6.31. The number of carbonyl (C=O) groups excluding carboxylic acids is 2. The van der Waals surface area contributed by atoms with Crippen LogP contribution < -0.4 is 15.5 Å². The lowest BCUT2D eigenvalue weighted by Gasteiger charge is -2.17. The molecule has 1 fully saturated rings. The average Bonchev–Trinajstić information content (AvgIpc) is 3.19. The summed E-state index contributed by atoms with van der Waals surface area (Å²) in [5.74, 6) is -0.439. The first-order valence-corrected chi connectivity index (χ1v) is 8.66. The molecule has 8 heteroatoms. The normalized spacial score (nSPS) is 19.8. The van der Waals surface area contributed by atoms with Gasteiger partial charge in [-0.25, -0.2) is 0 Å². The Bertz CT molecular complexity index is 834. The lowest BCUT2D eigenvalue weighted by molar-refractivity contribution is -0.118. The van der Waals surface area contributed by atoms with Gasteiger partial charge in [-0.1, -0.05) is 17.7 Å². The van der Waals surface area contributed by atoms with Crippen molar-refractivity contribution in [2.45, 2.75) is 25.4 Å². The molecule has 1 aromatic heterocycles. The van der Waals surface area contributed by atoms with Gasteiger partial charge in [0.1, 0.15) is 6.04 Å². The maximum absolute atomic E-state index is 12.6. The summed E-state index contributed by atoms with van der Waals surface area (Å²) in [6.07, 6.45) is 1.38. The highest BCUT2D eigenvalue weighted by Gasteiger charge is 2.35. The van der Waals surface area contributed by atoms with Crippen molar-refractivity contribution in [3.63, 3.8) is 0 Å². The summed E-state index contributed by atoms with van der Waals surface area (Å²) in [7, 11) is 0. The Morgan fingerprint density at radius 3 is 3.12 bits per heavy atom. The van der Waals surface area contributed by atoms with Crippen molar-refractivity contribution in [2.75, 3.05) is 18.0 Å². The molecule has 0 radical (unpaired) electrons. The van der Waals surface area contributed by atoms with E-state index in [0.29, 0.717) is 30.2 Å². The molecule has 1 unspecified atom stereocenters. The molecule has 7 nitrogen and oxygen atoms in total. The highest BCUT2D eigenvalue weighted by atomic mass is 35.5. The number of fused-ring (bicyclic) bond motifs is 1. The number of rotatable bonds is 3. The number of amides is 2. The summed E-state index contributed by atoms with van der Waals surface area (Å²) < 4.78 is 0. The minimum absolute atomic E-state index is 0.127. The first-order valence-electron chi connectivity index (χ1n) is 8.28. The molecule has 2 aromatic rings. The third-order valence-corrected chi connectivity index (χ3v) is 4.89. The Morgan fingerprint density at radius 2 is 2.28 bits per heavy atom. The van der Waals surface area contributed by atoms with Gasteiger partial charge in [0.25, 0.3) is 5.91 Å². The first kappa shape index (κ1) is 16.1. The van der Waals surface area contributed by atoms with Crippen LogP contribution in [0.4, 0.5) is 5.69 Å². The Kier molecular flexibility index (Phi) is 4.19. The summed E-state index contributed by atoms with van der Waals surface area (Å²) in [5, 5.41) is 13.7. The second kappa shape index (κ2) is 6.50. The first-order chi connectivity index (χ1) is 12.1. The topological polar surface area (TPSA) is 90.1 Å². The van der Waals surface area contributed by atoms with Crippen molar-refractivity contribution in [1.29, 1.82) is 0 Å².